The fourth-order valence-corrected chi connectivity index (χ4v) is 1.84. The van der Waals surface area contributed by atoms with E-state index in [0.29, 0.717) is 23.5 Å². The molecule has 0 spiro atoms. The third kappa shape index (κ3) is 2.57. The van der Waals surface area contributed by atoms with E-state index in [9.17, 15) is 4.57 Å². The Morgan fingerprint density at radius 3 is 3.12 bits per heavy atom. The van der Waals surface area contributed by atoms with Crippen LogP contribution in [0, 0.1) is 0 Å². The quantitative estimate of drug-likeness (QED) is 0.800. The van der Waals surface area contributed by atoms with E-state index < -0.39 is 0 Å². The minimum absolute atomic E-state index is 0.0194. The van der Waals surface area contributed by atoms with Crippen LogP contribution < -0.4 is 5.73 Å². The van der Waals surface area contributed by atoms with E-state index in [-0.39, 0.29) is 20.9 Å². The van der Waals surface area contributed by atoms with Gasteiger partial charge in [0, 0.05) is 0 Å². The molecule has 0 saturated carbocycles. The van der Waals surface area contributed by atoms with Gasteiger partial charge in [0.2, 0.25) is 0 Å². The second-order valence-electron chi connectivity index (χ2n) is 3.56. The minimum Gasteiger partial charge on any atom is -0.382 e. The molecule has 0 aliphatic rings. The molecule has 2 rings (SSSR count). The first kappa shape index (κ1) is 11.9. The Balaban J connectivity index is 2.19. The highest BCUT2D eigenvalue weighted by Crippen LogP contribution is 2.15. The molecule has 2 N–H and O–H groups in total. The lowest BCUT2D eigenvalue weighted by atomic mass is 10.4. The fourth-order valence-electron chi connectivity index (χ4n) is 1.52. The molecule has 0 aromatic carbocycles. The molecule has 2 aromatic heterocycles. The first-order valence-electron chi connectivity index (χ1n) is 5.04. The summed E-state index contributed by atoms with van der Waals surface area (Å²) in [6.45, 7) is 2.46. The molecule has 8 heteroatoms. The summed E-state index contributed by atoms with van der Waals surface area (Å²) in [6, 6.07) is 0. The summed E-state index contributed by atoms with van der Waals surface area (Å²) in [5.74, 6) is 0.361. The van der Waals surface area contributed by atoms with Gasteiger partial charge in [-0.1, -0.05) is 0 Å². The standard InChI is InChI=1S/C9H12N5O2P/c1-6(16-5-17-15)2-14-4-13-7-8(10)11-3-12-9(7)14/h3-4,6H,2,5H2,1H3,(H2,10,11,12). The second-order valence-corrected chi connectivity index (χ2v) is 4.08. The number of anilines is 1. The lowest BCUT2D eigenvalue weighted by Crippen LogP contribution is -2.15. The van der Waals surface area contributed by atoms with Crippen LogP contribution in [0.25, 0.3) is 11.2 Å². The Labute approximate surface area is 99.2 Å². The van der Waals surface area contributed by atoms with Crippen molar-refractivity contribution in [1.29, 1.82) is 0 Å². The van der Waals surface area contributed by atoms with Crippen LogP contribution in [0.3, 0.4) is 0 Å². The number of hydrogen-bond acceptors (Lipinski definition) is 6. The van der Waals surface area contributed by atoms with Gasteiger partial charge in [-0.25, -0.2) is 15.0 Å². The Morgan fingerprint density at radius 1 is 1.53 bits per heavy atom. The minimum atomic E-state index is -0.0787. The largest absolute Gasteiger partial charge is 0.382 e. The molecular weight excluding hydrogens is 241 g/mol. The van der Waals surface area contributed by atoms with Crippen molar-refractivity contribution >= 4 is 25.4 Å². The first-order chi connectivity index (χ1) is 8.22. The molecule has 1 atom stereocenters. The molecule has 1 unspecified atom stereocenters. The smallest absolute Gasteiger partial charge is 0.183 e. The molecule has 0 amide bonds. The number of nitrogen functional groups attached to an aromatic ring is 1. The number of hydrogen-bond donors (Lipinski definition) is 1. The second kappa shape index (κ2) is 5.16. The number of nitrogens with zero attached hydrogens (tertiary/aromatic N) is 4. The maximum Gasteiger partial charge on any atom is 0.183 e. The van der Waals surface area contributed by atoms with Gasteiger partial charge >= 0.3 is 0 Å². The molecule has 7 nitrogen and oxygen atoms in total. The number of rotatable bonds is 5. The first-order valence-corrected chi connectivity index (χ1v) is 6.04. The van der Waals surface area contributed by atoms with Crippen LogP contribution in [0.15, 0.2) is 12.7 Å². The number of imidazole rings is 1. The van der Waals surface area contributed by atoms with Crippen LogP contribution in [0.4, 0.5) is 5.82 Å². The maximum absolute atomic E-state index is 10.3. The fraction of sp³-hybridized carbons (Fsp3) is 0.444. The van der Waals surface area contributed by atoms with Crippen LogP contribution in [-0.4, -0.2) is 32.0 Å². The van der Waals surface area contributed by atoms with E-state index in [1.165, 1.54) is 6.33 Å². The van der Waals surface area contributed by atoms with Crippen molar-refractivity contribution in [3.63, 3.8) is 0 Å². The Hall–Kier alpha value is -1.59. The molecule has 17 heavy (non-hydrogen) atoms. The van der Waals surface area contributed by atoms with Gasteiger partial charge in [-0.2, -0.15) is 0 Å². The molecule has 0 bridgehead atoms. The highest BCUT2D eigenvalue weighted by atomic mass is 31.1. The van der Waals surface area contributed by atoms with Crippen molar-refractivity contribution in [2.24, 2.45) is 0 Å². The van der Waals surface area contributed by atoms with E-state index in [1.807, 2.05) is 11.5 Å². The third-order valence-corrected chi connectivity index (χ3v) is 2.55. The summed E-state index contributed by atoms with van der Waals surface area (Å²) in [4.78, 5) is 12.1. The number of nitrogens with two attached hydrogens (primary N) is 1. The Kier molecular flexibility index (Phi) is 3.61. The molecule has 0 radical (unpaired) electrons. The highest BCUT2D eigenvalue weighted by Gasteiger charge is 2.10. The predicted octanol–water partition coefficient (Wildman–Crippen LogP) is 1.06. The highest BCUT2D eigenvalue weighted by molar-refractivity contribution is 7.23. The average molecular weight is 253 g/mol. The summed E-state index contributed by atoms with van der Waals surface area (Å²) >= 11 is 0. The molecule has 0 fully saturated rings. The molecule has 0 aliphatic carbocycles. The summed E-state index contributed by atoms with van der Waals surface area (Å²) in [7, 11) is -0.0194. The summed E-state index contributed by atoms with van der Waals surface area (Å²) < 4.78 is 17.4. The van der Waals surface area contributed by atoms with E-state index in [4.69, 9.17) is 10.5 Å². The average Bonchev–Trinajstić information content (AvgIpc) is 2.71. The van der Waals surface area contributed by atoms with Crippen molar-refractivity contribution in [2.75, 3.05) is 12.1 Å². The Bertz CT molecular complexity index is 529. The number of fused-ring (bicyclic) bond motifs is 1. The van der Waals surface area contributed by atoms with Crippen molar-refractivity contribution in [1.82, 2.24) is 19.5 Å². The van der Waals surface area contributed by atoms with Gasteiger partial charge < -0.3 is 15.0 Å². The molecule has 2 aromatic rings. The van der Waals surface area contributed by atoms with E-state index in [2.05, 4.69) is 15.0 Å². The normalized spacial score (nSPS) is 13.2. The molecular formula is C9H12N5O2P. The van der Waals surface area contributed by atoms with Crippen molar-refractivity contribution in [2.45, 2.75) is 19.6 Å². The van der Waals surface area contributed by atoms with E-state index >= 15 is 0 Å². The molecule has 0 aliphatic heterocycles. The van der Waals surface area contributed by atoms with Gasteiger partial charge in [0.05, 0.1) is 19.0 Å². The lowest BCUT2D eigenvalue weighted by Gasteiger charge is -2.11. The van der Waals surface area contributed by atoms with Gasteiger partial charge in [0.15, 0.2) is 19.9 Å². The van der Waals surface area contributed by atoms with Crippen LogP contribution in [0.2, 0.25) is 0 Å². The zero-order valence-electron chi connectivity index (χ0n) is 9.28. The number of aromatic nitrogens is 4. The lowest BCUT2D eigenvalue weighted by molar-refractivity contribution is 0.0893. The third-order valence-electron chi connectivity index (χ3n) is 2.30. The van der Waals surface area contributed by atoms with Gasteiger partial charge in [0.25, 0.3) is 0 Å². The predicted molar refractivity (Wildman–Crippen MR) is 62.8 cm³/mol. The monoisotopic (exact) mass is 253 g/mol. The SMILES string of the molecule is CC(Cn1cnc2c(N)ncnc21)OCP=O. The number of ether oxygens (including phenoxy) is 1. The van der Waals surface area contributed by atoms with Crippen LogP contribution in [-0.2, 0) is 15.8 Å². The summed E-state index contributed by atoms with van der Waals surface area (Å²) in [6.07, 6.45) is 3.15. The summed E-state index contributed by atoms with van der Waals surface area (Å²) in [5, 5.41) is 0. The van der Waals surface area contributed by atoms with Crippen LogP contribution in [0.5, 0.6) is 0 Å². The van der Waals surface area contributed by atoms with Crippen molar-refractivity contribution in [3.8, 4) is 0 Å². The van der Waals surface area contributed by atoms with Gasteiger partial charge in [-0.05, 0) is 6.92 Å². The Morgan fingerprint density at radius 2 is 2.35 bits per heavy atom. The maximum atomic E-state index is 10.3. The topological polar surface area (TPSA) is 95.9 Å². The summed E-state index contributed by atoms with van der Waals surface area (Å²) in [5.41, 5.74) is 6.94. The van der Waals surface area contributed by atoms with Crippen LogP contribution in [0.1, 0.15) is 6.92 Å². The van der Waals surface area contributed by atoms with Gasteiger partial charge in [-0.3, -0.25) is 4.57 Å². The molecule has 90 valence electrons. The van der Waals surface area contributed by atoms with E-state index in [0.717, 1.165) is 0 Å². The van der Waals surface area contributed by atoms with Gasteiger partial charge in [0.1, 0.15) is 18.2 Å². The molecule has 2 heterocycles. The zero-order valence-corrected chi connectivity index (χ0v) is 10.2. The zero-order chi connectivity index (χ0) is 12.3. The van der Waals surface area contributed by atoms with Gasteiger partial charge in [-0.15, -0.1) is 0 Å². The van der Waals surface area contributed by atoms with Crippen LogP contribution >= 0.6 is 8.46 Å². The van der Waals surface area contributed by atoms with Crippen molar-refractivity contribution < 1.29 is 9.30 Å². The van der Waals surface area contributed by atoms with Crippen molar-refractivity contribution in [3.05, 3.63) is 12.7 Å². The molecule has 0 saturated heterocycles. The van der Waals surface area contributed by atoms with E-state index in [1.54, 1.807) is 6.33 Å².